The lowest BCUT2D eigenvalue weighted by atomic mass is 10.1. The second-order valence-electron chi connectivity index (χ2n) is 4.89. The summed E-state index contributed by atoms with van der Waals surface area (Å²) < 4.78 is 5.51. The van der Waals surface area contributed by atoms with Crippen molar-refractivity contribution in [3.8, 4) is 17.0 Å². The third-order valence-corrected chi connectivity index (χ3v) is 5.08. The topological polar surface area (TPSA) is 51.2 Å². The molecule has 4 rings (SSSR count). The van der Waals surface area contributed by atoms with Crippen LogP contribution in [-0.2, 0) is 6.42 Å². The number of carbonyl (C=O) groups excluding carboxylic acids is 1. The van der Waals surface area contributed by atoms with Crippen molar-refractivity contribution < 1.29 is 9.53 Å². The van der Waals surface area contributed by atoms with E-state index in [0.717, 1.165) is 30.0 Å². The monoisotopic (exact) mass is 328 g/mol. The van der Waals surface area contributed by atoms with E-state index < -0.39 is 0 Å². The van der Waals surface area contributed by atoms with Gasteiger partial charge in [-0.25, -0.2) is 4.98 Å². The Kier molecular flexibility index (Phi) is 3.40. The maximum Gasteiger partial charge on any atom is 0.267 e. The highest BCUT2D eigenvalue weighted by atomic mass is 32.1. The fourth-order valence-corrected chi connectivity index (χ4v) is 3.71. The van der Waals surface area contributed by atoms with Gasteiger partial charge in [0.1, 0.15) is 5.75 Å². The van der Waals surface area contributed by atoms with Crippen LogP contribution in [0.2, 0.25) is 0 Å². The van der Waals surface area contributed by atoms with Gasteiger partial charge in [-0.2, -0.15) is 0 Å². The number of aromatic nitrogens is 1. The predicted octanol–water partition coefficient (Wildman–Crippen LogP) is 4.06. The number of fused-ring (bicyclic) bond motifs is 1. The number of carbonyl (C=O) groups is 1. The fraction of sp³-hybridized carbons (Fsp3) is 0.125. The Bertz CT molecular complexity index is 825. The molecule has 0 bridgehead atoms. The molecule has 1 aromatic carbocycles. The first kappa shape index (κ1) is 13.5. The van der Waals surface area contributed by atoms with Crippen molar-refractivity contribution in [2.75, 3.05) is 11.9 Å². The summed E-state index contributed by atoms with van der Waals surface area (Å²) in [5.41, 5.74) is 3.15. The number of nitrogens with one attached hydrogen (secondary N) is 1. The van der Waals surface area contributed by atoms with Crippen molar-refractivity contribution >= 4 is 33.7 Å². The molecule has 0 atom stereocenters. The summed E-state index contributed by atoms with van der Waals surface area (Å²) in [7, 11) is 0. The van der Waals surface area contributed by atoms with Crippen LogP contribution in [-0.4, -0.2) is 17.5 Å². The smallest absolute Gasteiger partial charge is 0.267 e. The molecule has 0 radical (unpaired) electrons. The molecule has 22 heavy (non-hydrogen) atoms. The standard InChI is InChI=1S/C16H12N2O2S2/c19-15(14-2-1-7-21-14)18-16-17-12(9-22-16)10-3-4-13-11(8-10)5-6-20-13/h1-4,7-9H,5-6H2,(H,17,18,19). The Labute approximate surface area is 135 Å². The number of thiazole rings is 1. The van der Waals surface area contributed by atoms with Crippen LogP contribution in [0.25, 0.3) is 11.3 Å². The predicted molar refractivity (Wildman–Crippen MR) is 89.0 cm³/mol. The number of benzene rings is 1. The molecule has 0 unspecified atom stereocenters. The summed E-state index contributed by atoms with van der Waals surface area (Å²) in [6, 6.07) is 9.77. The number of thiophene rings is 1. The van der Waals surface area contributed by atoms with E-state index in [-0.39, 0.29) is 5.91 Å². The van der Waals surface area contributed by atoms with E-state index in [1.54, 1.807) is 6.07 Å². The molecular weight excluding hydrogens is 316 g/mol. The molecule has 0 fully saturated rings. The third kappa shape index (κ3) is 2.51. The Morgan fingerprint density at radius 2 is 2.23 bits per heavy atom. The number of ether oxygens (including phenoxy) is 1. The first-order valence-electron chi connectivity index (χ1n) is 6.86. The minimum absolute atomic E-state index is 0.113. The Morgan fingerprint density at radius 1 is 1.27 bits per heavy atom. The summed E-state index contributed by atoms with van der Waals surface area (Å²) in [5, 5.41) is 7.30. The molecule has 3 aromatic rings. The molecule has 6 heteroatoms. The zero-order valence-corrected chi connectivity index (χ0v) is 13.2. The van der Waals surface area contributed by atoms with Gasteiger partial charge in [0.25, 0.3) is 5.91 Å². The average molecular weight is 328 g/mol. The number of anilines is 1. The van der Waals surface area contributed by atoms with Crippen LogP contribution >= 0.6 is 22.7 Å². The second kappa shape index (κ2) is 5.55. The van der Waals surface area contributed by atoms with E-state index in [1.807, 2.05) is 29.0 Å². The molecule has 0 spiro atoms. The quantitative estimate of drug-likeness (QED) is 0.789. The van der Waals surface area contributed by atoms with Gasteiger partial charge in [-0.05, 0) is 35.2 Å². The molecular formula is C16H12N2O2S2. The van der Waals surface area contributed by atoms with E-state index in [2.05, 4.69) is 16.4 Å². The molecule has 1 aliphatic heterocycles. The van der Waals surface area contributed by atoms with Crippen LogP contribution in [0.5, 0.6) is 5.75 Å². The molecule has 1 amide bonds. The third-order valence-electron chi connectivity index (χ3n) is 3.45. The molecule has 1 N–H and O–H groups in total. The molecule has 1 aliphatic rings. The first-order valence-corrected chi connectivity index (χ1v) is 8.62. The van der Waals surface area contributed by atoms with E-state index in [4.69, 9.17) is 4.74 Å². The van der Waals surface area contributed by atoms with E-state index in [0.29, 0.717) is 10.0 Å². The minimum atomic E-state index is -0.113. The maximum absolute atomic E-state index is 12.0. The number of nitrogens with zero attached hydrogens (tertiary/aromatic N) is 1. The fourth-order valence-electron chi connectivity index (χ4n) is 2.38. The van der Waals surface area contributed by atoms with E-state index in [9.17, 15) is 4.79 Å². The van der Waals surface area contributed by atoms with Gasteiger partial charge >= 0.3 is 0 Å². The Balaban J connectivity index is 1.55. The molecule has 0 saturated heterocycles. The maximum atomic E-state index is 12.0. The van der Waals surface area contributed by atoms with Crippen molar-refractivity contribution in [3.05, 3.63) is 51.5 Å². The van der Waals surface area contributed by atoms with Gasteiger partial charge in [0.05, 0.1) is 17.2 Å². The number of hydrogen-bond acceptors (Lipinski definition) is 5. The number of rotatable bonds is 3. The summed E-state index contributed by atoms with van der Waals surface area (Å²) in [4.78, 5) is 17.2. The molecule has 3 heterocycles. The van der Waals surface area contributed by atoms with Gasteiger partial charge in [-0.15, -0.1) is 22.7 Å². The van der Waals surface area contributed by atoms with Gasteiger partial charge in [-0.3, -0.25) is 10.1 Å². The summed E-state index contributed by atoms with van der Waals surface area (Å²) >= 11 is 2.85. The van der Waals surface area contributed by atoms with Crippen LogP contribution in [0, 0.1) is 0 Å². The van der Waals surface area contributed by atoms with E-state index in [1.165, 1.54) is 28.2 Å². The molecule has 0 aliphatic carbocycles. The van der Waals surface area contributed by atoms with Crippen molar-refractivity contribution in [3.63, 3.8) is 0 Å². The highest BCUT2D eigenvalue weighted by Gasteiger charge is 2.15. The molecule has 4 nitrogen and oxygen atoms in total. The lowest BCUT2D eigenvalue weighted by Crippen LogP contribution is -2.09. The number of hydrogen-bond donors (Lipinski definition) is 1. The van der Waals surface area contributed by atoms with Gasteiger partial charge in [0, 0.05) is 17.4 Å². The lowest BCUT2D eigenvalue weighted by molar-refractivity contribution is 0.103. The van der Waals surface area contributed by atoms with Crippen LogP contribution < -0.4 is 10.1 Å². The molecule has 0 saturated carbocycles. The lowest BCUT2D eigenvalue weighted by Gasteiger charge is -2.01. The highest BCUT2D eigenvalue weighted by molar-refractivity contribution is 7.14. The largest absolute Gasteiger partial charge is 0.493 e. The summed E-state index contributed by atoms with van der Waals surface area (Å²) in [6.45, 7) is 0.748. The zero-order valence-electron chi connectivity index (χ0n) is 11.5. The second-order valence-corrected chi connectivity index (χ2v) is 6.70. The average Bonchev–Trinajstić information content (AvgIpc) is 3.27. The first-order chi connectivity index (χ1) is 10.8. The van der Waals surface area contributed by atoms with Crippen molar-refractivity contribution in [2.45, 2.75) is 6.42 Å². The minimum Gasteiger partial charge on any atom is -0.493 e. The van der Waals surface area contributed by atoms with Crippen molar-refractivity contribution in [2.24, 2.45) is 0 Å². The summed E-state index contributed by atoms with van der Waals surface area (Å²) in [5.74, 6) is 0.850. The van der Waals surface area contributed by atoms with Crippen LogP contribution in [0.15, 0.2) is 41.1 Å². The Morgan fingerprint density at radius 3 is 3.09 bits per heavy atom. The van der Waals surface area contributed by atoms with Gasteiger partial charge in [0.15, 0.2) is 5.13 Å². The molecule has 110 valence electrons. The molecule has 2 aromatic heterocycles. The summed E-state index contributed by atoms with van der Waals surface area (Å²) in [6.07, 6.45) is 0.940. The highest BCUT2D eigenvalue weighted by Crippen LogP contribution is 2.32. The normalized spacial score (nSPS) is 12.7. The van der Waals surface area contributed by atoms with Gasteiger partial charge in [-0.1, -0.05) is 6.07 Å². The van der Waals surface area contributed by atoms with Crippen LogP contribution in [0.4, 0.5) is 5.13 Å². The van der Waals surface area contributed by atoms with Crippen molar-refractivity contribution in [1.82, 2.24) is 4.98 Å². The van der Waals surface area contributed by atoms with Crippen LogP contribution in [0.3, 0.4) is 0 Å². The van der Waals surface area contributed by atoms with Gasteiger partial charge < -0.3 is 4.74 Å². The van der Waals surface area contributed by atoms with Crippen LogP contribution in [0.1, 0.15) is 15.2 Å². The van der Waals surface area contributed by atoms with Crippen molar-refractivity contribution in [1.29, 1.82) is 0 Å². The zero-order chi connectivity index (χ0) is 14.9. The SMILES string of the molecule is O=C(Nc1nc(-c2ccc3c(c2)CCO3)cs1)c1cccs1. The van der Waals surface area contributed by atoms with E-state index >= 15 is 0 Å². The Hall–Kier alpha value is -2.18. The number of amides is 1. The van der Waals surface area contributed by atoms with Gasteiger partial charge in [0.2, 0.25) is 0 Å².